The summed E-state index contributed by atoms with van der Waals surface area (Å²) in [4.78, 5) is 16.9. The van der Waals surface area contributed by atoms with E-state index in [1.807, 2.05) is 0 Å². The van der Waals surface area contributed by atoms with E-state index in [-0.39, 0.29) is 12.6 Å². The number of hydrogen-bond donors (Lipinski definition) is 1. The molecule has 6 heteroatoms. The molecule has 3 heterocycles. The SMILES string of the molecule is CCOC(=O)c1cccc(OCC(O)CN2CC3CN4CCCCC4C3C2)c1. The van der Waals surface area contributed by atoms with Crippen LogP contribution in [0.15, 0.2) is 24.3 Å². The number of fused-ring (bicyclic) bond motifs is 3. The topological polar surface area (TPSA) is 62.2 Å². The van der Waals surface area contributed by atoms with E-state index in [0.29, 0.717) is 24.5 Å². The molecule has 154 valence electrons. The minimum atomic E-state index is -0.535. The van der Waals surface area contributed by atoms with Crippen LogP contribution >= 0.6 is 0 Å². The number of aliphatic hydroxyl groups excluding tert-OH is 1. The highest BCUT2D eigenvalue weighted by atomic mass is 16.5. The molecule has 1 aromatic carbocycles. The first-order valence-corrected chi connectivity index (χ1v) is 10.7. The third-order valence-corrected chi connectivity index (χ3v) is 6.45. The molecule has 3 aliphatic heterocycles. The zero-order valence-electron chi connectivity index (χ0n) is 16.8. The molecular formula is C22H32N2O4. The number of likely N-dealkylation sites (tertiary alicyclic amines) is 1. The monoisotopic (exact) mass is 388 g/mol. The molecule has 6 nitrogen and oxygen atoms in total. The smallest absolute Gasteiger partial charge is 0.338 e. The van der Waals surface area contributed by atoms with Crippen LogP contribution in [-0.2, 0) is 4.74 Å². The summed E-state index contributed by atoms with van der Waals surface area (Å²) in [6.07, 6.45) is 3.53. The van der Waals surface area contributed by atoms with Gasteiger partial charge in [-0.15, -0.1) is 0 Å². The number of piperidine rings is 1. The molecular weight excluding hydrogens is 356 g/mol. The fourth-order valence-corrected chi connectivity index (χ4v) is 5.27. The van der Waals surface area contributed by atoms with Crippen LogP contribution in [0.1, 0.15) is 36.5 Å². The molecule has 1 aromatic rings. The molecule has 0 saturated carbocycles. The number of hydrogen-bond acceptors (Lipinski definition) is 6. The van der Waals surface area contributed by atoms with Crippen molar-refractivity contribution in [2.24, 2.45) is 11.8 Å². The van der Waals surface area contributed by atoms with Crippen LogP contribution in [-0.4, -0.2) is 79.0 Å². The van der Waals surface area contributed by atoms with E-state index in [1.54, 1.807) is 31.2 Å². The molecule has 1 N–H and O–H groups in total. The van der Waals surface area contributed by atoms with Gasteiger partial charge >= 0.3 is 5.97 Å². The van der Waals surface area contributed by atoms with Crippen molar-refractivity contribution in [3.8, 4) is 5.75 Å². The predicted octanol–water partition coefficient (Wildman–Crippen LogP) is 2.02. The van der Waals surface area contributed by atoms with E-state index in [9.17, 15) is 9.90 Å². The maximum atomic E-state index is 11.8. The Balaban J connectivity index is 1.24. The lowest BCUT2D eigenvalue weighted by Crippen LogP contribution is -2.41. The predicted molar refractivity (Wildman–Crippen MR) is 107 cm³/mol. The molecule has 0 radical (unpaired) electrons. The number of carbonyl (C=O) groups excluding carboxylic acids is 1. The van der Waals surface area contributed by atoms with Crippen molar-refractivity contribution in [2.45, 2.75) is 38.3 Å². The zero-order chi connectivity index (χ0) is 19.5. The van der Waals surface area contributed by atoms with Crippen molar-refractivity contribution >= 4 is 5.97 Å². The Morgan fingerprint density at radius 3 is 3.04 bits per heavy atom. The quantitative estimate of drug-likeness (QED) is 0.721. The van der Waals surface area contributed by atoms with Crippen molar-refractivity contribution in [1.82, 2.24) is 9.80 Å². The second-order valence-corrected chi connectivity index (χ2v) is 8.41. The van der Waals surface area contributed by atoms with Gasteiger partial charge in [0.15, 0.2) is 0 Å². The van der Waals surface area contributed by atoms with E-state index >= 15 is 0 Å². The molecule has 0 aliphatic carbocycles. The van der Waals surface area contributed by atoms with Crippen LogP contribution in [0.4, 0.5) is 0 Å². The van der Waals surface area contributed by atoms with E-state index < -0.39 is 6.10 Å². The Hall–Kier alpha value is -1.63. The Morgan fingerprint density at radius 2 is 2.18 bits per heavy atom. The number of benzene rings is 1. The second kappa shape index (κ2) is 8.80. The van der Waals surface area contributed by atoms with Crippen molar-refractivity contribution in [3.63, 3.8) is 0 Å². The standard InChI is InChI=1S/C22H32N2O4/c1-2-27-22(26)16-6-5-7-19(10-16)28-15-18(25)13-23-11-17-12-24-9-4-3-8-21(24)20(17)14-23/h5-7,10,17-18,20-21,25H,2-4,8-9,11-15H2,1H3. The van der Waals surface area contributed by atoms with E-state index in [2.05, 4.69) is 9.80 Å². The Kier molecular flexibility index (Phi) is 6.19. The molecule has 4 atom stereocenters. The number of nitrogens with zero attached hydrogens (tertiary/aromatic N) is 2. The van der Waals surface area contributed by atoms with E-state index in [1.165, 1.54) is 32.4 Å². The molecule has 3 fully saturated rings. The van der Waals surface area contributed by atoms with Gasteiger partial charge in [0, 0.05) is 32.2 Å². The minimum Gasteiger partial charge on any atom is -0.491 e. The van der Waals surface area contributed by atoms with Crippen LogP contribution in [0.5, 0.6) is 5.75 Å². The lowest BCUT2D eigenvalue weighted by molar-refractivity contribution is 0.0525. The van der Waals surface area contributed by atoms with Gasteiger partial charge in [0.2, 0.25) is 0 Å². The zero-order valence-corrected chi connectivity index (χ0v) is 16.8. The largest absolute Gasteiger partial charge is 0.491 e. The first-order chi connectivity index (χ1) is 13.6. The maximum absolute atomic E-state index is 11.8. The van der Waals surface area contributed by atoms with Crippen LogP contribution in [0.3, 0.4) is 0 Å². The van der Waals surface area contributed by atoms with Gasteiger partial charge in [0.1, 0.15) is 18.5 Å². The van der Waals surface area contributed by atoms with E-state index in [0.717, 1.165) is 31.0 Å². The number of carbonyl (C=O) groups is 1. The van der Waals surface area contributed by atoms with Gasteiger partial charge in [0.25, 0.3) is 0 Å². The fraction of sp³-hybridized carbons (Fsp3) is 0.682. The van der Waals surface area contributed by atoms with Crippen LogP contribution < -0.4 is 4.74 Å². The summed E-state index contributed by atoms with van der Waals surface area (Å²) in [5.74, 6) is 1.77. The molecule has 4 unspecified atom stereocenters. The lowest BCUT2D eigenvalue weighted by atomic mass is 9.90. The van der Waals surface area contributed by atoms with Crippen molar-refractivity contribution in [3.05, 3.63) is 29.8 Å². The summed E-state index contributed by atoms with van der Waals surface area (Å²) < 4.78 is 10.8. The third kappa shape index (κ3) is 4.34. The number of ether oxygens (including phenoxy) is 2. The number of aliphatic hydroxyl groups is 1. The van der Waals surface area contributed by atoms with Crippen molar-refractivity contribution < 1.29 is 19.4 Å². The van der Waals surface area contributed by atoms with Gasteiger partial charge in [-0.3, -0.25) is 9.80 Å². The Labute approximate surface area is 167 Å². The third-order valence-electron chi connectivity index (χ3n) is 6.45. The van der Waals surface area contributed by atoms with Gasteiger partial charge in [-0.1, -0.05) is 12.5 Å². The summed E-state index contributed by atoms with van der Waals surface area (Å²) >= 11 is 0. The normalized spacial score (nSPS) is 28.6. The summed E-state index contributed by atoms with van der Waals surface area (Å²) in [6.45, 7) is 7.71. The molecule has 0 bridgehead atoms. The summed E-state index contributed by atoms with van der Waals surface area (Å²) in [6, 6.07) is 7.71. The van der Waals surface area contributed by atoms with Crippen LogP contribution in [0.25, 0.3) is 0 Å². The first-order valence-electron chi connectivity index (χ1n) is 10.7. The van der Waals surface area contributed by atoms with E-state index in [4.69, 9.17) is 9.47 Å². The molecule has 4 rings (SSSR count). The molecule has 0 aromatic heterocycles. The summed E-state index contributed by atoms with van der Waals surface area (Å²) in [5.41, 5.74) is 0.471. The molecule has 0 amide bonds. The highest BCUT2D eigenvalue weighted by Crippen LogP contribution is 2.40. The number of esters is 1. The average Bonchev–Trinajstić information content (AvgIpc) is 3.24. The highest BCUT2D eigenvalue weighted by Gasteiger charge is 2.47. The van der Waals surface area contributed by atoms with Gasteiger partial charge < -0.3 is 14.6 Å². The van der Waals surface area contributed by atoms with Gasteiger partial charge in [0.05, 0.1) is 12.2 Å². The Morgan fingerprint density at radius 1 is 1.29 bits per heavy atom. The van der Waals surface area contributed by atoms with Gasteiger partial charge in [-0.25, -0.2) is 4.79 Å². The summed E-state index contributed by atoms with van der Waals surface area (Å²) in [5, 5.41) is 10.5. The average molecular weight is 389 g/mol. The van der Waals surface area contributed by atoms with Crippen molar-refractivity contribution in [1.29, 1.82) is 0 Å². The fourth-order valence-electron chi connectivity index (χ4n) is 5.27. The maximum Gasteiger partial charge on any atom is 0.338 e. The first kappa shape index (κ1) is 19.7. The second-order valence-electron chi connectivity index (χ2n) is 8.41. The van der Waals surface area contributed by atoms with Crippen molar-refractivity contribution in [2.75, 3.05) is 45.9 Å². The molecule has 28 heavy (non-hydrogen) atoms. The van der Waals surface area contributed by atoms with Gasteiger partial charge in [-0.05, 0) is 56.3 Å². The van der Waals surface area contributed by atoms with Gasteiger partial charge in [-0.2, -0.15) is 0 Å². The molecule has 3 aliphatic rings. The molecule has 0 spiro atoms. The highest BCUT2D eigenvalue weighted by molar-refractivity contribution is 5.89. The number of β-amino-alcohol motifs (C(OH)–C–C–N with tert-alkyl or cyclic N) is 1. The van der Waals surface area contributed by atoms with Crippen LogP contribution in [0, 0.1) is 11.8 Å². The summed E-state index contributed by atoms with van der Waals surface area (Å²) in [7, 11) is 0. The minimum absolute atomic E-state index is 0.230. The lowest BCUT2D eigenvalue weighted by Gasteiger charge is -2.33. The molecule has 3 saturated heterocycles. The Bertz CT molecular complexity index is 682. The number of rotatable bonds is 7. The van der Waals surface area contributed by atoms with Crippen LogP contribution in [0.2, 0.25) is 0 Å².